The highest BCUT2D eigenvalue weighted by Crippen LogP contribution is 2.25. The lowest BCUT2D eigenvalue weighted by molar-refractivity contribution is -0.120. The second-order valence-corrected chi connectivity index (χ2v) is 5.28. The molecule has 0 radical (unpaired) electrons. The van der Waals surface area contributed by atoms with Gasteiger partial charge in [0.25, 0.3) is 0 Å². The van der Waals surface area contributed by atoms with Gasteiger partial charge in [0.15, 0.2) is 0 Å². The molecule has 5 nitrogen and oxygen atoms in total. The van der Waals surface area contributed by atoms with Gasteiger partial charge in [-0.1, -0.05) is 12.2 Å². The smallest absolute Gasteiger partial charge is 0.221 e. The minimum atomic E-state index is 0.0260. The van der Waals surface area contributed by atoms with Crippen LogP contribution in [0.3, 0.4) is 0 Å². The molecule has 20 heavy (non-hydrogen) atoms. The van der Waals surface area contributed by atoms with E-state index in [0.29, 0.717) is 30.3 Å². The van der Waals surface area contributed by atoms with Gasteiger partial charge in [0.1, 0.15) is 10.8 Å². The molecule has 6 heteroatoms. The Morgan fingerprint density at radius 1 is 1.50 bits per heavy atom. The van der Waals surface area contributed by atoms with Crippen molar-refractivity contribution in [2.45, 2.75) is 32.6 Å². The van der Waals surface area contributed by atoms with E-state index >= 15 is 0 Å². The zero-order valence-corrected chi connectivity index (χ0v) is 12.5. The van der Waals surface area contributed by atoms with Gasteiger partial charge in [-0.2, -0.15) is 0 Å². The predicted octanol–water partition coefficient (Wildman–Crippen LogP) is 1.14. The van der Waals surface area contributed by atoms with Crippen LogP contribution < -0.4 is 16.4 Å². The van der Waals surface area contributed by atoms with Crippen LogP contribution in [0, 0.1) is 0 Å². The van der Waals surface area contributed by atoms with E-state index in [0.717, 1.165) is 30.5 Å². The van der Waals surface area contributed by atoms with Crippen LogP contribution in [0.1, 0.15) is 36.6 Å². The Labute approximate surface area is 124 Å². The van der Waals surface area contributed by atoms with Gasteiger partial charge in [-0.05, 0) is 37.8 Å². The summed E-state index contributed by atoms with van der Waals surface area (Å²) in [5.41, 5.74) is 8.89. The number of amides is 1. The molecule has 2 rings (SSSR count). The minimum Gasteiger partial charge on any atom is -0.389 e. The molecule has 1 aromatic rings. The van der Waals surface area contributed by atoms with Gasteiger partial charge in [-0.3, -0.25) is 4.79 Å². The second kappa shape index (κ2) is 6.65. The van der Waals surface area contributed by atoms with Gasteiger partial charge in [0.05, 0.1) is 5.56 Å². The number of nitrogens with one attached hydrogen (secondary N) is 2. The number of carbonyl (C=O) groups is 1. The van der Waals surface area contributed by atoms with Crippen LogP contribution in [0.25, 0.3) is 0 Å². The molecule has 1 aliphatic carbocycles. The highest BCUT2D eigenvalue weighted by Gasteiger charge is 2.17. The number of carbonyl (C=O) groups excluding carboxylic acids is 1. The maximum Gasteiger partial charge on any atom is 0.221 e. The molecule has 4 N–H and O–H groups in total. The van der Waals surface area contributed by atoms with Gasteiger partial charge < -0.3 is 16.4 Å². The lowest BCUT2D eigenvalue weighted by Crippen LogP contribution is -2.25. The molecule has 1 aromatic heterocycles. The lowest BCUT2D eigenvalue weighted by atomic mass is 10.1. The van der Waals surface area contributed by atoms with Crippen LogP contribution in [-0.4, -0.2) is 29.0 Å². The predicted molar refractivity (Wildman–Crippen MR) is 83.9 cm³/mol. The van der Waals surface area contributed by atoms with Crippen LogP contribution in [-0.2, 0) is 17.6 Å². The van der Waals surface area contributed by atoms with Gasteiger partial charge in [-0.25, -0.2) is 4.98 Å². The van der Waals surface area contributed by atoms with Crippen molar-refractivity contribution < 1.29 is 4.79 Å². The standard InChI is InChI=1S/C14H20N4OS/c1-2-16-12(19)6-7-17-14-10(13(15)20)8-9-4-3-5-11(9)18-14/h8H,2-7H2,1H3,(H2,15,20)(H,16,19)(H,17,18). The summed E-state index contributed by atoms with van der Waals surface area (Å²) in [5.74, 6) is 0.723. The Morgan fingerprint density at radius 2 is 2.30 bits per heavy atom. The van der Waals surface area contributed by atoms with Gasteiger partial charge in [0.2, 0.25) is 5.91 Å². The van der Waals surface area contributed by atoms with Crippen molar-refractivity contribution in [3.63, 3.8) is 0 Å². The third-order valence-corrected chi connectivity index (χ3v) is 3.55. The number of anilines is 1. The van der Waals surface area contributed by atoms with E-state index < -0.39 is 0 Å². The van der Waals surface area contributed by atoms with Crippen molar-refractivity contribution in [2.75, 3.05) is 18.4 Å². The molecule has 0 aliphatic heterocycles. The molecule has 0 saturated heterocycles. The van der Waals surface area contributed by atoms with Crippen molar-refractivity contribution in [1.82, 2.24) is 10.3 Å². The average Bonchev–Trinajstić information content (AvgIpc) is 2.85. The first-order valence-corrected chi connectivity index (χ1v) is 7.35. The Morgan fingerprint density at radius 3 is 3.00 bits per heavy atom. The minimum absolute atomic E-state index is 0.0260. The molecule has 0 bridgehead atoms. The summed E-state index contributed by atoms with van der Waals surface area (Å²) in [7, 11) is 0. The summed E-state index contributed by atoms with van der Waals surface area (Å²) in [5, 5.41) is 5.94. The summed E-state index contributed by atoms with van der Waals surface area (Å²) in [6.45, 7) is 3.07. The molecule has 0 atom stereocenters. The fourth-order valence-electron chi connectivity index (χ4n) is 2.37. The summed E-state index contributed by atoms with van der Waals surface area (Å²) >= 11 is 5.08. The quantitative estimate of drug-likeness (QED) is 0.685. The van der Waals surface area contributed by atoms with Crippen LogP contribution in [0.15, 0.2) is 6.07 Å². The number of fused-ring (bicyclic) bond motifs is 1. The third kappa shape index (κ3) is 3.45. The van der Waals surface area contributed by atoms with Crippen molar-refractivity contribution in [3.05, 3.63) is 22.9 Å². The van der Waals surface area contributed by atoms with E-state index in [2.05, 4.69) is 15.6 Å². The molecular weight excluding hydrogens is 272 g/mol. The van der Waals surface area contributed by atoms with Crippen molar-refractivity contribution in [3.8, 4) is 0 Å². The normalized spacial score (nSPS) is 12.8. The summed E-state index contributed by atoms with van der Waals surface area (Å²) in [4.78, 5) is 16.4. The summed E-state index contributed by atoms with van der Waals surface area (Å²) in [6.07, 6.45) is 3.57. The number of aromatic nitrogens is 1. The number of nitrogens with zero attached hydrogens (tertiary/aromatic N) is 1. The topological polar surface area (TPSA) is 80.0 Å². The number of hydrogen-bond donors (Lipinski definition) is 3. The van der Waals surface area contributed by atoms with Gasteiger partial charge in [0, 0.05) is 25.2 Å². The molecule has 1 heterocycles. The number of aryl methyl sites for hydroxylation is 2. The molecule has 0 spiro atoms. The maximum atomic E-state index is 11.4. The largest absolute Gasteiger partial charge is 0.389 e. The molecule has 0 fully saturated rings. The molecule has 0 unspecified atom stereocenters. The second-order valence-electron chi connectivity index (χ2n) is 4.84. The SMILES string of the molecule is CCNC(=O)CCNc1nc2c(cc1C(N)=S)CCC2. The zero-order valence-electron chi connectivity index (χ0n) is 11.7. The molecular formula is C14H20N4OS. The molecule has 1 aliphatic rings. The Hall–Kier alpha value is -1.69. The Bertz CT molecular complexity index is 530. The first-order valence-electron chi connectivity index (χ1n) is 6.95. The summed E-state index contributed by atoms with van der Waals surface area (Å²) < 4.78 is 0. The van der Waals surface area contributed by atoms with Crippen molar-refractivity contribution in [2.24, 2.45) is 5.73 Å². The molecule has 0 aromatic carbocycles. The van der Waals surface area contributed by atoms with Gasteiger partial charge in [-0.15, -0.1) is 0 Å². The number of nitrogens with two attached hydrogens (primary N) is 1. The molecule has 108 valence electrons. The maximum absolute atomic E-state index is 11.4. The van der Waals surface area contributed by atoms with Crippen LogP contribution in [0.4, 0.5) is 5.82 Å². The van der Waals surface area contributed by atoms with E-state index in [1.165, 1.54) is 5.56 Å². The molecule has 1 amide bonds. The summed E-state index contributed by atoms with van der Waals surface area (Å²) in [6, 6.07) is 2.03. The average molecular weight is 292 g/mol. The Kier molecular flexibility index (Phi) is 4.89. The highest BCUT2D eigenvalue weighted by atomic mass is 32.1. The van der Waals surface area contributed by atoms with E-state index in [1.54, 1.807) is 0 Å². The first-order chi connectivity index (χ1) is 9.61. The van der Waals surface area contributed by atoms with E-state index in [1.807, 2.05) is 13.0 Å². The molecule has 0 saturated carbocycles. The van der Waals surface area contributed by atoms with Crippen molar-refractivity contribution in [1.29, 1.82) is 0 Å². The van der Waals surface area contributed by atoms with E-state index in [9.17, 15) is 4.79 Å². The fraction of sp³-hybridized carbons (Fsp3) is 0.500. The first kappa shape index (κ1) is 14.7. The highest BCUT2D eigenvalue weighted by molar-refractivity contribution is 7.80. The van der Waals surface area contributed by atoms with Crippen LogP contribution in [0.2, 0.25) is 0 Å². The van der Waals surface area contributed by atoms with Crippen LogP contribution in [0.5, 0.6) is 0 Å². The third-order valence-electron chi connectivity index (χ3n) is 3.33. The zero-order chi connectivity index (χ0) is 14.5. The van der Waals surface area contributed by atoms with Gasteiger partial charge >= 0.3 is 0 Å². The lowest BCUT2D eigenvalue weighted by Gasteiger charge is -2.12. The number of rotatable bonds is 6. The van der Waals surface area contributed by atoms with E-state index in [-0.39, 0.29) is 5.91 Å². The number of pyridine rings is 1. The monoisotopic (exact) mass is 292 g/mol. The number of thiocarbonyl (C=S) groups is 1. The number of hydrogen-bond acceptors (Lipinski definition) is 4. The van der Waals surface area contributed by atoms with Crippen LogP contribution >= 0.6 is 12.2 Å². The van der Waals surface area contributed by atoms with Crippen molar-refractivity contribution >= 4 is 28.9 Å². The van der Waals surface area contributed by atoms with E-state index in [4.69, 9.17) is 18.0 Å². The Balaban J connectivity index is 2.06. The fourth-order valence-corrected chi connectivity index (χ4v) is 2.53.